The molecule has 2 amide bonds. The number of ether oxygens (including phenoxy) is 1. The summed E-state index contributed by atoms with van der Waals surface area (Å²) in [6.07, 6.45) is 0.316. The van der Waals surface area contributed by atoms with Crippen molar-refractivity contribution in [2.24, 2.45) is 0 Å². The minimum absolute atomic E-state index is 0.0150. The van der Waals surface area contributed by atoms with Gasteiger partial charge in [-0.1, -0.05) is 48.5 Å². The van der Waals surface area contributed by atoms with Crippen molar-refractivity contribution in [3.05, 3.63) is 95.6 Å². The number of anilines is 1. The number of methoxy groups -OCH3 is 1. The minimum Gasteiger partial charge on any atom is -0.497 e. The fourth-order valence-electron chi connectivity index (χ4n) is 3.20. The number of carbonyl (C=O) groups excluding carboxylic acids is 2. The third kappa shape index (κ3) is 5.47. The number of rotatable bonds is 8. The monoisotopic (exact) mass is 402 g/mol. The standard InChI is InChI=1S/C25H26N2O3/c1-3-26-24(28)16-19-12-14-22(15-13-19)27(18-20-8-5-4-6-9-20)25(29)21-10-7-11-23(17-21)30-2/h4-15,17H,3,16,18H2,1-2H3,(H,26,28). The second-order valence-corrected chi connectivity index (χ2v) is 6.91. The van der Waals surface area contributed by atoms with Crippen molar-refractivity contribution in [1.29, 1.82) is 0 Å². The summed E-state index contributed by atoms with van der Waals surface area (Å²) in [4.78, 5) is 26.9. The predicted octanol–water partition coefficient (Wildman–Crippen LogP) is 4.22. The van der Waals surface area contributed by atoms with E-state index in [1.54, 1.807) is 24.1 Å². The molecule has 0 saturated carbocycles. The maximum atomic E-state index is 13.4. The van der Waals surface area contributed by atoms with Gasteiger partial charge in [-0.25, -0.2) is 0 Å². The smallest absolute Gasteiger partial charge is 0.258 e. The van der Waals surface area contributed by atoms with Gasteiger partial charge in [-0.3, -0.25) is 9.59 Å². The van der Waals surface area contributed by atoms with Crippen molar-refractivity contribution in [3.63, 3.8) is 0 Å². The molecule has 3 aromatic rings. The SMILES string of the molecule is CCNC(=O)Cc1ccc(N(Cc2ccccc2)C(=O)c2cccc(OC)c2)cc1. The maximum absolute atomic E-state index is 13.4. The average Bonchev–Trinajstić information content (AvgIpc) is 2.78. The van der Waals surface area contributed by atoms with Gasteiger partial charge in [-0.15, -0.1) is 0 Å². The molecule has 0 aliphatic rings. The molecule has 3 aromatic carbocycles. The van der Waals surface area contributed by atoms with Crippen LogP contribution in [-0.4, -0.2) is 25.5 Å². The maximum Gasteiger partial charge on any atom is 0.258 e. The summed E-state index contributed by atoms with van der Waals surface area (Å²) in [6, 6.07) is 24.6. The van der Waals surface area contributed by atoms with Crippen LogP contribution in [-0.2, 0) is 17.8 Å². The zero-order chi connectivity index (χ0) is 21.3. The number of carbonyl (C=O) groups is 2. The number of likely N-dealkylation sites (N-methyl/N-ethyl adjacent to an activating group) is 1. The van der Waals surface area contributed by atoms with Crippen LogP contribution in [0.25, 0.3) is 0 Å². The Hall–Kier alpha value is -3.60. The highest BCUT2D eigenvalue weighted by atomic mass is 16.5. The summed E-state index contributed by atoms with van der Waals surface area (Å²) >= 11 is 0. The Morgan fingerprint density at radius 1 is 0.900 bits per heavy atom. The summed E-state index contributed by atoms with van der Waals surface area (Å²) in [6.45, 7) is 2.94. The molecular formula is C25H26N2O3. The molecule has 0 heterocycles. The predicted molar refractivity (Wildman–Crippen MR) is 119 cm³/mol. The molecule has 30 heavy (non-hydrogen) atoms. The number of nitrogens with zero attached hydrogens (tertiary/aromatic N) is 1. The van der Waals surface area contributed by atoms with Crippen LogP contribution in [0.15, 0.2) is 78.9 Å². The summed E-state index contributed by atoms with van der Waals surface area (Å²) in [7, 11) is 1.58. The van der Waals surface area contributed by atoms with Crippen LogP contribution in [0.4, 0.5) is 5.69 Å². The lowest BCUT2D eigenvalue weighted by atomic mass is 10.1. The number of hydrogen-bond donors (Lipinski definition) is 1. The van der Waals surface area contributed by atoms with E-state index < -0.39 is 0 Å². The van der Waals surface area contributed by atoms with Gasteiger partial charge in [0.05, 0.1) is 20.1 Å². The van der Waals surface area contributed by atoms with Crippen LogP contribution >= 0.6 is 0 Å². The van der Waals surface area contributed by atoms with Crippen LogP contribution in [0.2, 0.25) is 0 Å². The molecule has 3 rings (SSSR count). The average molecular weight is 402 g/mol. The first-order valence-electron chi connectivity index (χ1n) is 9.96. The topological polar surface area (TPSA) is 58.6 Å². The molecule has 0 radical (unpaired) electrons. The summed E-state index contributed by atoms with van der Waals surface area (Å²) in [5.74, 6) is 0.505. The molecule has 0 fully saturated rings. The van der Waals surface area contributed by atoms with Crippen LogP contribution in [0.5, 0.6) is 5.75 Å². The van der Waals surface area contributed by atoms with Gasteiger partial charge in [-0.05, 0) is 48.4 Å². The van der Waals surface area contributed by atoms with Crippen LogP contribution in [0.3, 0.4) is 0 Å². The zero-order valence-electron chi connectivity index (χ0n) is 17.3. The minimum atomic E-state index is -0.116. The number of nitrogens with one attached hydrogen (secondary N) is 1. The second-order valence-electron chi connectivity index (χ2n) is 6.91. The Balaban J connectivity index is 1.89. The normalized spacial score (nSPS) is 10.3. The van der Waals surface area contributed by atoms with Gasteiger partial charge in [0, 0.05) is 17.8 Å². The number of hydrogen-bond acceptors (Lipinski definition) is 3. The van der Waals surface area contributed by atoms with E-state index in [2.05, 4.69) is 5.32 Å². The van der Waals surface area contributed by atoms with Crippen LogP contribution in [0.1, 0.15) is 28.4 Å². The van der Waals surface area contributed by atoms with E-state index in [1.165, 1.54) is 0 Å². The van der Waals surface area contributed by atoms with Crippen molar-refractivity contribution in [1.82, 2.24) is 5.32 Å². The molecule has 0 bridgehead atoms. The van der Waals surface area contributed by atoms with Gasteiger partial charge >= 0.3 is 0 Å². The van der Waals surface area contributed by atoms with Crippen molar-refractivity contribution >= 4 is 17.5 Å². The quantitative estimate of drug-likeness (QED) is 0.614. The van der Waals surface area contributed by atoms with E-state index in [1.807, 2.05) is 73.7 Å². The van der Waals surface area contributed by atoms with Gasteiger partial charge in [0.2, 0.25) is 5.91 Å². The first-order valence-corrected chi connectivity index (χ1v) is 9.96. The molecule has 1 N–H and O–H groups in total. The Morgan fingerprint density at radius 2 is 1.63 bits per heavy atom. The van der Waals surface area contributed by atoms with Crippen LogP contribution in [0, 0.1) is 0 Å². The summed E-state index contributed by atoms with van der Waals surface area (Å²) in [5, 5.41) is 2.80. The van der Waals surface area contributed by atoms with E-state index in [0.29, 0.717) is 30.8 Å². The van der Waals surface area contributed by atoms with Crippen molar-refractivity contribution in [2.75, 3.05) is 18.6 Å². The lowest BCUT2D eigenvalue weighted by Crippen LogP contribution is -2.30. The molecule has 5 heteroatoms. The highest BCUT2D eigenvalue weighted by Crippen LogP contribution is 2.23. The molecule has 5 nitrogen and oxygen atoms in total. The zero-order valence-corrected chi connectivity index (χ0v) is 17.3. The molecule has 0 unspecified atom stereocenters. The van der Waals surface area contributed by atoms with E-state index in [9.17, 15) is 9.59 Å². The molecule has 0 atom stereocenters. The van der Waals surface area contributed by atoms with Crippen molar-refractivity contribution in [2.45, 2.75) is 19.9 Å². The van der Waals surface area contributed by atoms with Gasteiger partial charge in [0.15, 0.2) is 0 Å². The second kappa shape index (κ2) is 10.3. The Bertz CT molecular complexity index is 985. The molecule has 0 aromatic heterocycles. The lowest BCUT2D eigenvalue weighted by Gasteiger charge is -2.24. The molecule has 0 saturated heterocycles. The highest BCUT2D eigenvalue weighted by molar-refractivity contribution is 6.06. The van der Waals surface area contributed by atoms with Gasteiger partial charge in [0.25, 0.3) is 5.91 Å². The number of amides is 2. The molecule has 154 valence electrons. The summed E-state index contributed by atoms with van der Waals surface area (Å²) < 4.78 is 5.27. The molecular weight excluding hydrogens is 376 g/mol. The third-order valence-corrected chi connectivity index (χ3v) is 4.73. The Labute approximate surface area is 177 Å². The van der Waals surface area contributed by atoms with E-state index in [0.717, 1.165) is 16.8 Å². The molecule has 0 spiro atoms. The molecule has 0 aliphatic heterocycles. The Kier molecular flexibility index (Phi) is 7.22. The lowest BCUT2D eigenvalue weighted by molar-refractivity contribution is -0.120. The van der Waals surface area contributed by atoms with E-state index in [4.69, 9.17) is 4.74 Å². The summed E-state index contributed by atoms with van der Waals surface area (Å²) in [5.41, 5.74) is 3.25. The Morgan fingerprint density at radius 3 is 2.30 bits per heavy atom. The van der Waals surface area contributed by atoms with Crippen molar-refractivity contribution < 1.29 is 14.3 Å². The van der Waals surface area contributed by atoms with Crippen LogP contribution < -0.4 is 15.0 Å². The van der Waals surface area contributed by atoms with E-state index in [-0.39, 0.29) is 11.8 Å². The first kappa shape index (κ1) is 21.1. The fraction of sp³-hybridized carbons (Fsp3) is 0.200. The first-order chi connectivity index (χ1) is 14.6. The van der Waals surface area contributed by atoms with Crippen molar-refractivity contribution in [3.8, 4) is 5.75 Å². The number of benzene rings is 3. The largest absolute Gasteiger partial charge is 0.497 e. The highest BCUT2D eigenvalue weighted by Gasteiger charge is 2.19. The van der Waals surface area contributed by atoms with Gasteiger partial charge in [-0.2, -0.15) is 0 Å². The fourth-order valence-corrected chi connectivity index (χ4v) is 3.20. The van der Waals surface area contributed by atoms with E-state index >= 15 is 0 Å². The molecule has 0 aliphatic carbocycles. The van der Waals surface area contributed by atoms with Gasteiger partial charge in [0.1, 0.15) is 5.75 Å². The third-order valence-electron chi connectivity index (χ3n) is 4.73. The van der Waals surface area contributed by atoms with Gasteiger partial charge < -0.3 is 15.0 Å².